The van der Waals surface area contributed by atoms with Crippen molar-refractivity contribution in [1.29, 1.82) is 0 Å². The molecule has 9 nitrogen and oxygen atoms in total. The third-order valence-electron chi connectivity index (χ3n) is 7.44. The van der Waals surface area contributed by atoms with E-state index in [2.05, 4.69) is 51.3 Å². The molecule has 2 heterocycles. The number of nitrogen functional groups attached to an aromatic ring is 1. The number of hydrogen-bond acceptors (Lipinski definition) is 8. The van der Waals surface area contributed by atoms with E-state index >= 15 is 0 Å². The number of hydrogen-bond donors (Lipinski definition) is 4. The van der Waals surface area contributed by atoms with Crippen molar-refractivity contribution in [2.24, 2.45) is 0 Å². The highest BCUT2D eigenvalue weighted by atomic mass is 16.3. The Hall–Kier alpha value is -4.50. The highest BCUT2D eigenvalue weighted by Gasteiger charge is 2.18. The fraction of sp³-hybridized carbons (Fsp3) is 0.312. The first-order valence-corrected chi connectivity index (χ1v) is 13.9. The van der Waals surface area contributed by atoms with Gasteiger partial charge in [0.05, 0.1) is 6.10 Å². The van der Waals surface area contributed by atoms with E-state index in [1.54, 1.807) is 0 Å². The average Bonchev–Trinajstić information content (AvgIpc) is 2.94. The van der Waals surface area contributed by atoms with E-state index < -0.39 is 0 Å². The third-order valence-corrected chi connectivity index (χ3v) is 7.44. The molecule has 0 bridgehead atoms. The number of nitrogens with one attached hydrogen (secondary N) is 2. The highest BCUT2D eigenvalue weighted by Crippen LogP contribution is 2.29. The number of benzene rings is 3. The van der Waals surface area contributed by atoms with Gasteiger partial charge in [-0.3, -0.25) is 4.79 Å². The topological polar surface area (TPSA) is 129 Å². The van der Waals surface area contributed by atoms with Gasteiger partial charge in [-0.05, 0) is 78.8 Å². The molecule has 4 aromatic rings. The minimum atomic E-state index is -0.206. The summed E-state index contributed by atoms with van der Waals surface area (Å²) in [4.78, 5) is 28.6. The molecule has 5 N–H and O–H groups in total. The van der Waals surface area contributed by atoms with Gasteiger partial charge >= 0.3 is 0 Å². The molecule has 9 heteroatoms. The molecule has 0 spiro atoms. The van der Waals surface area contributed by atoms with Crippen LogP contribution in [-0.2, 0) is 5.41 Å². The van der Waals surface area contributed by atoms with E-state index in [0.29, 0.717) is 23.0 Å². The van der Waals surface area contributed by atoms with E-state index in [4.69, 9.17) is 5.73 Å². The van der Waals surface area contributed by atoms with E-state index in [9.17, 15) is 9.90 Å². The largest absolute Gasteiger partial charge is 0.393 e. The van der Waals surface area contributed by atoms with Gasteiger partial charge in [0.2, 0.25) is 11.9 Å². The summed E-state index contributed by atoms with van der Waals surface area (Å²) in [5, 5.41) is 16.0. The number of rotatable bonds is 6. The quantitative estimate of drug-likeness (QED) is 0.241. The zero-order chi connectivity index (χ0) is 29.1. The number of aliphatic hydroxyl groups is 1. The molecule has 0 atom stereocenters. The van der Waals surface area contributed by atoms with Crippen LogP contribution in [0.2, 0.25) is 0 Å². The monoisotopic (exact) mass is 551 g/mol. The molecule has 3 aromatic carbocycles. The van der Waals surface area contributed by atoms with Gasteiger partial charge in [0.15, 0.2) is 5.82 Å². The van der Waals surface area contributed by atoms with Crippen LogP contribution in [0.5, 0.6) is 0 Å². The van der Waals surface area contributed by atoms with Gasteiger partial charge in [-0.25, -0.2) is 0 Å². The molecule has 1 saturated heterocycles. The number of nitrogens with zero attached hydrogens (tertiary/aromatic N) is 4. The first-order valence-electron chi connectivity index (χ1n) is 13.9. The SMILES string of the molecule is Cc1c(NC(=O)c2ccc(C(C)(C)C)cc2)cccc1-c1nc(N)nc(Nc2ccc(N3CCC(O)CC3)cc2)n1. The van der Waals surface area contributed by atoms with Crippen molar-refractivity contribution >= 4 is 34.9 Å². The second kappa shape index (κ2) is 11.5. The van der Waals surface area contributed by atoms with Gasteiger partial charge in [-0.15, -0.1) is 0 Å². The second-order valence-corrected chi connectivity index (χ2v) is 11.5. The van der Waals surface area contributed by atoms with Gasteiger partial charge in [-0.2, -0.15) is 15.0 Å². The summed E-state index contributed by atoms with van der Waals surface area (Å²) in [6, 6.07) is 21.3. The Morgan fingerprint density at radius 1 is 0.951 bits per heavy atom. The highest BCUT2D eigenvalue weighted by molar-refractivity contribution is 6.05. The molecule has 0 saturated carbocycles. The Bertz CT molecular complexity index is 1520. The summed E-state index contributed by atoms with van der Waals surface area (Å²) < 4.78 is 0. The molecule has 1 amide bonds. The molecular weight excluding hydrogens is 514 g/mol. The van der Waals surface area contributed by atoms with Gasteiger partial charge in [0, 0.05) is 41.3 Å². The number of anilines is 5. The molecule has 212 valence electrons. The lowest BCUT2D eigenvalue weighted by Crippen LogP contribution is -2.35. The number of aromatic nitrogens is 3. The molecule has 1 aliphatic rings. The van der Waals surface area contributed by atoms with Gasteiger partial charge in [0.1, 0.15) is 0 Å². The van der Waals surface area contributed by atoms with Crippen LogP contribution in [0.3, 0.4) is 0 Å². The van der Waals surface area contributed by atoms with Crippen molar-refractivity contribution < 1.29 is 9.90 Å². The maximum atomic E-state index is 13.0. The van der Waals surface area contributed by atoms with Crippen molar-refractivity contribution in [2.75, 3.05) is 34.4 Å². The maximum Gasteiger partial charge on any atom is 0.255 e. The first kappa shape index (κ1) is 28.0. The summed E-state index contributed by atoms with van der Waals surface area (Å²) in [6.45, 7) is 10.0. The number of piperidine rings is 1. The van der Waals surface area contributed by atoms with Crippen LogP contribution in [0.25, 0.3) is 11.4 Å². The van der Waals surface area contributed by atoms with Crippen LogP contribution in [-0.4, -0.2) is 45.2 Å². The van der Waals surface area contributed by atoms with Crippen LogP contribution < -0.4 is 21.3 Å². The number of amides is 1. The lowest BCUT2D eigenvalue weighted by atomic mass is 9.86. The van der Waals surface area contributed by atoms with Crippen LogP contribution in [0.15, 0.2) is 66.7 Å². The molecule has 1 aliphatic heterocycles. The van der Waals surface area contributed by atoms with Crippen molar-refractivity contribution in [1.82, 2.24) is 15.0 Å². The first-order chi connectivity index (χ1) is 19.6. The molecule has 0 unspecified atom stereocenters. The minimum absolute atomic E-state index is 0.0157. The zero-order valence-corrected chi connectivity index (χ0v) is 24.0. The van der Waals surface area contributed by atoms with E-state index in [-0.39, 0.29) is 23.4 Å². The van der Waals surface area contributed by atoms with E-state index in [1.807, 2.05) is 73.7 Å². The van der Waals surface area contributed by atoms with E-state index in [1.165, 1.54) is 5.56 Å². The minimum Gasteiger partial charge on any atom is -0.393 e. The Morgan fingerprint density at radius 2 is 1.63 bits per heavy atom. The standard InChI is InChI=1S/C32H37N7O2/c1-20-26(6-5-7-27(20)35-29(41)21-8-10-22(11-9-21)32(2,3)4)28-36-30(33)38-31(37-28)34-23-12-14-24(15-13-23)39-18-16-25(40)17-19-39/h5-15,25,40H,16-19H2,1-4H3,(H,35,41)(H3,33,34,36,37,38). The van der Waals surface area contributed by atoms with Crippen LogP contribution >= 0.6 is 0 Å². The number of nitrogens with two attached hydrogens (primary N) is 1. The fourth-order valence-electron chi connectivity index (χ4n) is 4.91. The van der Waals surface area contributed by atoms with Crippen molar-refractivity contribution in [3.8, 4) is 11.4 Å². The Labute approximate surface area is 240 Å². The predicted molar refractivity (Wildman–Crippen MR) is 165 cm³/mol. The van der Waals surface area contributed by atoms with Crippen molar-refractivity contribution in [3.63, 3.8) is 0 Å². The Kier molecular flexibility index (Phi) is 7.90. The predicted octanol–water partition coefficient (Wildman–Crippen LogP) is 5.68. The smallest absolute Gasteiger partial charge is 0.255 e. The summed E-state index contributed by atoms with van der Waals surface area (Å²) >= 11 is 0. The number of aliphatic hydroxyl groups excluding tert-OH is 1. The molecule has 0 aliphatic carbocycles. The molecule has 1 aromatic heterocycles. The van der Waals surface area contributed by atoms with Crippen LogP contribution in [0.4, 0.5) is 29.0 Å². The fourth-order valence-corrected chi connectivity index (χ4v) is 4.91. The molecule has 1 fully saturated rings. The van der Waals surface area contributed by atoms with Gasteiger partial charge < -0.3 is 26.4 Å². The summed E-state index contributed by atoms with van der Waals surface area (Å²) in [7, 11) is 0. The maximum absolute atomic E-state index is 13.0. The van der Waals surface area contributed by atoms with Crippen LogP contribution in [0, 0.1) is 6.92 Å². The molecule has 41 heavy (non-hydrogen) atoms. The van der Waals surface area contributed by atoms with Gasteiger partial charge in [0.25, 0.3) is 5.91 Å². The number of carbonyl (C=O) groups is 1. The molecule has 0 radical (unpaired) electrons. The second-order valence-electron chi connectivity index (χ2n) is 11.5. The Morgan fingerprint density at radius 3 is 2.29 bits per heavy atom. The average molecular weight is 552 g/mol. The normalized spacial score (nSPS) is 14.1. The molecular formula is C32H37N7O2. The van der Waals surface area contributed by atoms with Gasteiger partial charge in [-0.1, -0.05) is 45.0 Å². The Balaban J connectivity index is 1.32. The van der Waals surface area contributed by atoms with Crippen molar-refractivity contribution in [2.45, 2.75) is 52.1 Å². The summed E-state index contributed by atoms with van der Waals surface area (Å²) in [5.74, 6) is 0.641. The molecule has 5 rings (SSSR count). The lowest BCUT2D eigenvalue weighted by Gasteiger charge is -2.31. The lowest BCUT2D eigenvalue weighted by molar-refractivity contribution is 0.102. The van der Waals surface area contributed by atoms with Crippen LogP contribution in [0.1, 0.15) is 55.1 Å². The number of carbonyl (C=O) groups excluding carboxylic acids is 1. The van der Waals surface area contributed by atoms with Crippen molar-refractivity contribution in [3.05, 3.63) is 83.4 Å². The van der Waals surface area contributed by atoms with E-state index in [0.717, 1.165) is 48.4 Å². The summed E-state index contributed by atoms with van der Waals surface area (Å²) in [6.07, 6.45) is 1.35. The summed E-state index contributed by atoms with van der Waals surface area (Å²) in [5.41, 5.74) is 12.0. The zero-order valence-electron chi connectivity index (χ0n) is 24.0. The third kappa shape index (κ3) is 6.63.